The van der Waals surface area contributed by atoms with Crippen LogP contribution in [0.25, 0.3) is 0 Å². The summed E-state index contributed by atoms with van der Waals surface area (Å²) in [6.45, 7) is 3.15. The van der Waals surface area contributed by atoms with E-state index in [2.05, 4.69) is 5.32 Å². The number of hydrogen-bond donors (Lipinski definition) is 2. The summed E-state index contributed by atoms with van der Waals surface area (Å²) in [5, 5.41) is 12.7. The van der Waals surface area contributed by atoms with Crippen LogP contribution < -0.4 is 5.32 Å². The maximum absolute atomic E-state index is 12.4. The van der Waals surface area contributed by atoms with Gasteiger partial charge in [0.2, 0.25) is 5.91 Å². The molecule has 5 heteroatoms. The molecule has 0 spiro atoms. The molecule has 2 fully saturated rings. The minimum atomic E-state index is -0.222. The van der Waals surface area contributed by atoms with Gasteiger partial charge in [0.1, 0.15) is 5.75 Å². The Morgan fingerprint density at radius 1 is 1.29 bits per heavy atom. The van der Waals surface area contributed by atoms with Crippen LogP contribution >= 0.6 is 0 Å². The normalized spacial score (nSPS) is 22.0. The van der Waals surface area contributed by atoms with E-state index in [0.717, 1.165) is 6.54 Å². The summed E-state index contributed by atoms with van der Waals surface area (Å²) in [6, 6.07) is 4.78. The molecular weight excluding hydrogens is 304 g/mol. The van der Waals surface area contributed by atoms with Crippen molar-refractivity contribution in [2.24, 2.45) is 5.92 Å². The van der Waals surface area contributed by atoms with Gasteiger partial charge in [0.15, 0.2) is 0 Å². The topological polar surface area (TPSA) is 69.6 Å². The Hall–Kier alpha value is -2.04. The van der Waals surface area contributed by atoms with E-state index < -0.39 is 0 Å². The average Bonchev–Trinajstić information content (AvgIpc) is 2.90. The first-order chi connectivity index (χ1) is 11.5. The number of hydrogen-bond acceptors (Lipinski definition) is 3. The van der Waals surface area contributed by atoms with Crippen molar-refractivity contribution in [3.8, 4) is 5.75 Å². The Morgan fingerprint density at radius 2 is 2.04 bits per heavy atom. The molecule has 130 valence electrons. The number of nitrogens with one attached hydrogen (secondary N) is 1. The molecule has 1 saturated heterocycles. The van der Waals surface area contributed by atoms with Gasteiger partial charge >= 0.3 is 0 Å². The fraction of sp³-hybridized carbons (Fsp3) is 0.579. The summed E-state index contributed by atoms with van der Waals surface area (Å²) in [7, 11) is 0. The van der Waals surface area contributed by atoms with Gasteiger partial charge in [0, 0.05) is 30.6 Å². The predicted octanol–water partition coefficient (Wildman–Crippen LogP) is 2.61. The van der Waals surface area contributed by atoms with Gasteiger partial charge in [-0.25, -0.2) is 0 Å². The lowest BCUT2D eigenvalue weighted by atomic mass is 9.89. The van der Waals surface area contributed by atoms with Crippen molar-refractivity contribution < 1.29 is 14.7 Å². The third kappa shape index (κ3) is 3.71. The molecule has 1 saturated carbocycles. The number of nitrogens with zero attached hydrogens (tertiary/aromatic N) is 1. The maximum Gasteiger partial charge on any atom is 0.251 e. The van der Waals surface area contributed by atoms with Crippen LogP contribution in [0.3, 0.4) is 0 Å². The lowest BCUT2D eigenvalue weighted by Crippen LogP contribution is -2.38. The quantitative estimate of drug-likeness (QED) is 0.891. The number of phenols is 1. The van der Waals surface area contributed by atoms with Crippen LogP contribution in [0.2, 0.25) is 0 Å². The molecular formula is C19H26N2O3. The van der Waals surface area contributed by atoms with Gasteiger partial charge in [-0.2, -0.15) is 0 Å². The Bertz CT molecular complexity index is 623. The number of likely N-dealkylation sites (tertiary alicyclic amines) is 1. The van der Waals surface area contributed by atoms with Gasteiger partial charge in [0.25, 0.3) is 5.91 Å². The number of aromatic hydroxyl groups is 1. The van der Waals surface area contributed by atoms with Crippen LogP contribution in [0.4, 0.5) is 0 Å². The van der Waals surface area contributed by atoms with Gasteiger partial charge in [-0.05, 0) is 37.8 Å². The first-order valence-electron chi connectivity index (χ1n) is 8.92. The average molecular weight is 330 g/mol. The highest BCUT2D eigenvalue weighted by Gasteiger charge is 2.32. The SMILES string of the molecule is Cc1c(O)cccc1C(=O)N[C@@H]1CC(=O)N(CC2CCCCC2)C1. The van der Waals surface area contributed by atoms with E-state index in [1.165, 1.54) is 32.1 Å². The first-order valence-corrected chi connectivity index (χ1v) is 8.92. The Balaban J connectivity index is 1.57. The number of phenolic OH excluding ortho intramolecular Hbond substituents is 1. The van der Waals surface area contributed by atoms with E-state index >= 15 is 0 Å². The second-order valence-corrected chi connectivity index (χ2v) is 7.13. The van der Waals surface area contributed by atoms with Crippen LogP contribution in [-0.2, 0) is 4.79 Å². The van der Waals surface area contributed by atoms with Gasteiger partial charge in [-0.1, -0.05) is 25.3 Å². The number of carbonyl (C=O) groups excluding carboxylic acids is 2. The second-order valence-electron chi connectivity index (χ2n) is 7.13. The highest BCUT2D eigenvalue weighted by atomic mass is 16.3. The van der Waals surface area contributed by atoms with Gasteiger partial charge in [-0.3, -0.25) is 9.59 Å². The van der Waals surface area contributed by atoms with E-state index in [1.54, 1.807) is 25.1 Å². The molecule has 2 amide bonds. The largest absolute Gasteiger partial charge is 0.508 e. The molecule has 1 heterocycles. The molecule has 5 nitrogen and oxygen atoms in total. The predicted molar refractivity (Wildman–Crippen MR) is 91.9 cm³/mol. The summed E-state index contributed by atoms with van der Waals surface area (Å²) in [5.41, 5.74) is 1.03. The fourth-order valence-corrected chi connectivity index (χ4v) is 3.86. The molecule has 3 rings (SSSR count). The molecule has 0 radical (unpaired) electrons. The van der Waals surface area contributed by atoms with Crippen LogP contribution in [0, 0.1) is 12.8 Å². The summed E-state index contributed by atoms with van der Waals surface area (Å²) >= 11 is 0. The zero-order valence-electron chi connectivity index (χ0n) is 14.3. The molecule has 24 heavy (non-hydrogen) atoms. The Morgan fingerprint density at radius 3 is 2.79 bits per heavy atom. The monoisotopic (exact) mass is 330 g/mol. The zero-order valence-corrected chi connectivity index (χ0v) is 14.3. The number of benzene rings is 1. The molecule has 1 atom stereocenters. The standard InChI is InChI=1S/C19H26N2O3/c1-13-16(8-5-9-17(13)22)19(24)20-15-10-18(23)21(12-15)11-14-6-3-2-4-7-14/h5,8-9,14-15,22H,2-4,6-7,10-12H2,1H3,(H,20,24)/t15-/m1/s1. The van der Waals surface area contributed by atoms with Crippen molar-refractivity contribution in [2.75, 3.05) is 13.1 Å². The summed E-state index contributed by atoms with van der Waals surface area (Å²) in [5.74, 6) is 0.647. The number of rotatable bonds is 4. The minimum absolute atomic E-state index is 0.115. The van der Waals surface area contributed by atoms with E-state index in [-0.39, 0.29) is 23.6 Å². The van der Waals surface area contributed by atoms with Crippen molar-refractivity contribution in [2.45, 2.75) is 51.5 Å². The van der Waals surface area contributed by atoms with Crippen LogP contribution in [0.15, 0.2) is 18.2 Å². The maximum atomic E-state index is 12.4. The van der Waals surface area contributed by atoms with Crippen molar-refractivity contribution >= 4 is 11.8 Å². The van der Waals surface area contributed by atoms with Crippen molar-refractivity contribution in [3.63, 3.8) is 0 Å². The van der Waals surface area contributed by atoms with Gasteiger partial charge in [0.05, 0.1) is 6.04 Å². The fourth-order valence-electron chi connectivity index (χ4n) is 3.86. The number of amides is 2. The molecule has 2 aliphatic rings. The smallest absolute Gasteiger partial charge is 0.251 e. The molecule has 0 unspecified atom stereocenters. The third-order valence-corrected chi connectivity index (χ3v) is 5.30. The van der Waals surface area contributed by atoms with E-state index in [1.807, 2.05) is 4.90 Å². The molecule has 1 aromatic rings. The summed E-state index contributed by atoms with van der Waals surface area (Å²) in [4.78, 5) is 26.6. The van der Waals surface area contributed by atoms with Crippen LogP contribution in [0.1, 0.15) is 54.4 Å². The zero-order chi connectivity index (χ0) is 17.1. The van der Waals surface area contributed by atoms with Crippen molar-refractivity contribution in [3.05, 3.63) is 29.3 Å². The molecule has 1 aromatic carbocycles. The number of carbonyl (C=O) groups is 2. The molecule has 1 aliphatic heterocycles. The highest BCUT2D eigenvalue weighted by molar-refractivity contribution is 5.97. The van der Waals surface area contributed by atoms with Gasteiger partial charge in [-0.15, -0.1) is 0 Å². The second kappa shape index (κ2) is 7.24. The van der Waals surface area contributed by atoms with E-state index in [9.17, 15) is 14.7 Å². The van der Waals surface area contributed by atoms with E-state index in [4.69, 9.17) is 0 Å². The van der Waals surface area contributed by atoms with Gasteiger partial charge < -0.3 is 15.3 Å². The molecule has 1 aliphatic carbocycles. The first kappa shape index (κ1) is 16.8. The molecule has 0 aromatic heterocycles. The lowest BCUT2D eigenvalue weighted by Gasteiger charge is -2.27. The molecule has 0 bridgehead atoms. The van der Waals surface area contributed by atoms with Crippen LogP contribution in [-0.4, -0.2) is 41.0 Å². The van der Waals surface area contributed by atoms with Crippen molar-refractivity contribution in [1.82, 2.24) is 10.2 Å². The minimum Gasteiger partial charge on any atom is -0.508 e. The summed E-state index contributed by atoms with van der Waals surface area (Å²) < 4.78 is 0. The lowest BCUT2D eigenvalue weighted by molar-refractivity contribution is -0.128. The highest BCUT2D eigenvalue weighted by Crippen LogP contribution is 2.26. The van der Waals surface area contributed by atoms with E-state index in [0.29, 0.717) is 30.0 Å². The molecule has 2 N–H and O–H groups in total. The summed E-state index contributed by atoms with van der Waals surface area (Å²) in [6.07, 6.45) is 6.64. The Labute approximate surface area is 143 Å². The third-order valence-electron chi connectivity index (χ3n) is 5.30. The Kier molecular flexibility index (Phi) is 5.07. The van der Waals surface area contributed by atoms with Crippen molar-refractivity contribution in [1.29, 1.82) is 0 Å². The van der Waals surface area contributed by atoms with Crippen LogP contribution in [0.5, 0.6) is 5.75 Å².